The third-order valence-electron chi connectivity index (χ3n) is 0.998. The van der Waals surface area contributed by atoms with E-state index in [0.29, 0.717) is 0 Å². The standard InChI is InChI=1S/C7H17N/c1-7(2)5-6-8(3)4/h6-8H,5H2,1-4H3/q+1. The SMILES string of the molecule is CC(C)C[CH][NH+](C)C. The summed E-state index contributed by atoms with van der Waals surface area (Å²) < 4.78 is 0. The van der Waals surface area contributed by atoms with Gasteiger partial charge in [0, 0.05) is 6.42 Å². The van der Waals surface area contributed by atoms with Crippen molar-refractivity contribution < 1.29 is 4.90 Å². The first-order chi connectivity index (χ1) is 3.63. The van der Waals surface area contributed by atoms with Crippen LogP contribution in [0.2, 0.25) is 0 Å². The largest absolute Gasteiger partial charge is 0.332 e. The van der Waals surface area contributed by atoms with Crippen LogP contribution in [-0.4, -0.2) is 14.1 Å². The molecule has 0 aromatic heterocycles. The molecule has 0 aliphatic heterocycles. The molecular formula is C7H17N+. The molecule has 49 valence electrons. The molecule has 0 aliphatic carbocycles. The van der Waals surface area contributed by atoms with Gasteiger partial charge >= 0.3 is 0 Å². The zero-order chi connectivity index (χ0) is 6.57. The second-order valence-electron chi connectivity index (χ2n) is 2.91. The summed E-state index contributed by atoms with van der Waals surface area (Å²) in [5.41, 5.74) is 0. The van der Waals surface area contributed by atoms with Gasteiger partial charge in [-0.3, -0.25) is 0 Å². The van der Waals surface area contributed by atoms with Crippen LogP contribution in [0.5, 0.6) is 0 Å². The quantitative estimate of drug-likeness (QED) is 0.541. The molecule has 1 radical (unpaired) electrons. The zero-order valence-electron chi connectivity index (χ0n) is 6.36. The van der Waals surface area contributed by atoms with Crippen LogP contribution in [0.15, 0.2) is 0 Å². The Bertz CT molecular complexity index is 40.3. The van der Waals surface area contributed by atoms with E-state index in [1.54, 1.807) is 0 Å². The first-order valence-electron chi connectivity index (χ1n) is 3.26. The highest BCUT2D eigenvalue weighted by molar-refractivity contribution is 4.50. The first-order valence-corrected chi connectivity index (χ1v) is 3.26. The molecule has 1 N–H and O–H groups in total. The molecule has 0 aliphatic rings. The van der Waals surface area contributed by atoms with Crippen LogP contribution in [-0.2, 0) is 0 Å². The summed E-state index contributed by atoms with van der Waals surface area (Å²) in [6.07, 6.45) is 1.22. The Balaban J connectivity index is 2.93. The molecule has 1 heteroatoms. The monoisotopic (exact) mass is 115 g/mol. The van der Waals surface area contributed by atoms with Crippen molar-refractivity contribution in [2.75, 3.05) is 14.1 Å². The Morgan fingerprint density at radius 3 is 2.00 bits per heavy atom. The average Bonchev–Trinajstić information content (AvgIpc) is 1.61. The van der Waals surface area contributed by atoms with Crippen LogP contribution in [0.1, 0.15) is 20.3 Å². The van der Waals surface area contributed by atoms with Gasteiger partial charge in [-0.1, -0.05) is 13.8 Å². The summed E-state index contributed by atoms with van der Waals surface area (Å²) in [5.74, 6) is 0.810. The second kappa shape index (κ2) is 3.90. The number of hydrogen-bond donors (Lipinski definition) is 1. The molecule has 0 saturated carbocycles. The minimum absolute atomic E-state index is 0.810. The Kier molecular flexibility index (Phi) is 3.88. The van der Waals surface area contributed by atoms with E-state index < -0.39 is 0 Å². The van der Waals surface area contributed by atoms with Crippen LogP contribution in [0, 0.1) is 12.5 Å². The minimum Gasteiger partial charge on any atom is -0.332 e. The Hall–Kier alpha value is -0.0400. The van der Waals surface area contributed by atoms with E-state index in [1.807, 2.05) is 0 Å². The topological polar surface area (TPSA) is 4.44 Å². The Morgan fingerprint density at radius 1 is 1.38 bits per heavy atom. The molecular weight excluding hydrogens is 98.1 g/mol. The van der Waals surface area contributed by atoms with E-state index in [-0.39, 0.29) is 0 Å². The molecule has 0 fully saturated rings. The van der Waals surface area contributed by atoms with Crippen molar-refractivity contribution in [2.45, 2.75) is 20.3 Å². The summed E-state index contributed by atoms with van der Waals surface area (Å²) in [5, 5.41) is 0. The van der Waals surface area contributed by atoms with Gasteiger partial charge in [0.15, 0.2) is 0 Å². The highest BCUT2D eigenvalue weighted by atomic mass is 15.0. The summed E-state index contributed by atoms with van der Waals surface area (Å²) in [6.45, 7) is 6.75. The number of quaternary nitrogens is 1. The van der Waals surface area contributed by atoms with E-state index in [2.05, 4.69) is 34.5 Å². The molecule has 0 amide bonds. The second-order valence-corrected chi connectivity index (χ2v) is 2.91. The summed E-state index contributed by atoms with van der Waals surface area (Å²) in [7, 11) is 4.28. The Labute approximate surface area is 52.7 Å². The normalized spacial score (nSPS) is 11.2. The van der Waals surface area contributed by atoms with Crippen LogP contribution in [0.3, 0.4) is 0 Å². The highest BCUT2D eigenvalue weighted by Gasteiger charge is 1.97. The molecule has 0 atom stereocenters. The molecule has 0 unspecified atom stereocenters. The fraction of sp³-hybridized carbons (Fsp3) is 0.857. The number of rotatable bonds is 3. The molecule has 0 rings (SSSR count). The van der Waals surface area contributed by atoms with E-state index in [1.165, 1.54) is 11.3 Å². The number of hydrogen-bond acceptors (Lipinski definition) is 0. The van der Waals surface area contributed by atoms with Gasteiger partial charge < -0.3 is 4.90 Å². The van der Waals surface area contributed by atoms with Crippen molar-refractivity contribution in [3.05, 3.63) is 6.54 Å². The van der Waals surface area contributed by atoms with Gasteiger partial charge in [0.05, 0.1) is 14.1 Å². The third kappa shape index (κ3) is 5.96. The zero-order valence-corrected chi connectivity index (χ0v) is 6.36. The molecule has 1 nitrogen and oxygen atoms in total. The Morgan fingerprint density at radius 2 is 1.88 bits per heavy atom. The van der Waals surface area contributed by atoms with Gasteiger partial charge in [0.2, 0.25) is 0 Å². The molecule has 0 saturated heterocycles. The van der Waals surface area contributed by atoms with E-state index >= 15 is 0 Å². The average molecular weight is 115 g/mol. The summed E-state index contributed by atoms with van der Waals surface area (Å²) in [4.78, 5) is 1.43. The maximum absolute atomic E-state index is 2.28. The first kappa shape index (κ1) is 7.96. The third-order valence-corrected chi connectivity index (χ3v) is 0.998. The molecule has 8 heavy (non-hydrogen) atoms. The van der Waals surface area contributed by atoms with Crippen molar-refractivity contribution in [2.24, 2.45) is 5.92 Å². The maximum atomic E-state index is 2.28. The lowest BCUT2D eigenvalue weighted by Crippen LogP contribution is -3.02. The summed E-state index contributed by atoms with van der Waals surface area (Å²) >= 11 is 0. The van der Waals surface area contributed by atoms with Crippen LogP contribution in [0.25, 0.3) is 0 Å². The minimum atomic E-state index is 0.810. The molecule has 0 spiro atoms. The van der Waals surface area contributed by atoms with E-state index in [9.17, 15) is 0 Å². The van der Waals surface area contributed by atoms with E-state index in [4.69, 9.17) is 0 Å². The van der Waals surface area contributed by atoms with E-state index in [0.717, 1.165) is 5.92 Å². The van der Waals surface area contributed by atoms with Crippen molar-refractivity contribution in [3.8, 4) is 0 Å². The van der Waals surface area contributed by atoms with Crippen LogP contribution >= 0.6 is 0 Å². The van der Waals surface area contributed by atoms with Crippen molar-refractivity contribution >= 4 is 0 Å². The van der Waals surface area contributed by atoms with Crippen molar-refractivity contribution in [1.29, 1.82) is 0 Å². The fourth-order valence-electron chi connectivity index (χ4n) is 0.471. The van der Waals surface area contributed by atoms with Gasteiger partial charge in [-0.25, -0.2) is 0 Å². The van der Waals surface area contributed by atoms with Crippen molar-refractivity contribution in [3.63, 3.8) is 0 Å². The maximum Gasteiger partial charge on any atom is 0.140 e. The van der Waals surface area contributed by atoms with Crippen LogP contribution in [0.4, 0.5) is 0 Å². The lowest BCUT2D eigenvalue weighted by Gasteiger charge is -2.06. The lowest BCUT2D eigenvalue weighted by molar-refractivity contribution is -0.826. The number of nitrogens with one attached hydrogen (secondary N) is 1. The van der Waals surface area contributed by atoms with Gasteiger partial charge in [-0.15, -0.1) is 0 Å². The predicted molar refractivity (Wildman–Crippen MR) is 36.6 cm³/mol. The lowest BCUT2D eigenvalue weighted by atomic mass is 10.1. The van der Waals surface area contributed by atoms with Gasteiger partial charge in [0.25, 0.3) is 0 Å². The summed E-state index contributed by atoms with van der Waals surface area (Å²) in [6, 6.07) is 0. The van der Waals surface area contributed by atoms with Gasteiger partial charge in [0.1, 0.15) is 6.54 Å². The van der Waals surface area contributed by atoms with Crippen LogP contribution < -0.4 is 4.90 Å². The molecule has 0 aromatic carbocycles. The van der Waals surface area contributed by atoms with Gasteiger partial charge in [-0.2, -0.15) is 0 Å². The highest BCUT2D eigenvalue weighted by Crippen LogP contribution is 1.96. The fourth-order valence-corrected chi connectivity index (χ4v) is 0.471. The van der Waals surface area contributed by atoms with Crippen molar-refractivity contribution in [1.82, 2.24) is 0 Å². The smallest absolute Gasteiger partial charge is 0.140 e. The van der Waals surface area contributed by atoms with Gasteiger partial charge in [-0.05, 0) is 5.92 Å². The molecule has 0 aromatic rings. The predicted octanol–water partition coefficient (Wildman–Crippen LogP) is 0.339. The molecule has 0 heterocycles. The molecule has 0 bridgehead atoms.